The van der Waals surface area contributed by atoms with Gasteiger partial charge >= 0.3 is 6.03 Å². The topological polar surface area (TPSA) is 32.8 Å². The second kappa shape index (κ2) is 7.87. The molecule has 0 aromatic carbocycles. The largest absolute Gasteiger partial charge is 0.381 e. The summed E-state index contributed by atoms with van der Waals surface area (Å²) in [6.45, 7) is 9.65. The molecule has 1 atom stereocenters. The summed E-state index contributed by atoms with van der Waals surface area (Å²) in [5, 5.41) is 0. The fourth-order valence-electron chi connectivity index (χ4n) is 4.30. The third-order valence-corrected chi connectivity index (χ3v) is 5.44. The quantitative estimate of drug-likeness (QED) is 0.783. The zero-order chi connectivity index (χ0) is 17.0. The Morgan fingerprint density at radius 2 is 1.78 bits per heavy atom. The molecule has 1 aliphatic carbocycles. The molecule has 2 aliphatic rings. The maximum Gasteiger partial charge on any atom is 0.319 e. The van der Waals surface area contributed by atoms with Gasteiger partial charge in [-0.1, -0.05) is 20.8 Å². The van der Waals surface area contributed by atoms with Gasteiger partial charge in [0.1, 0.15) is 0 Å². The van der Waals surface area contributed by atoms with E-state index in [1.807, 2.05) is 19.1 Å². The van der Waals surface area contributed by atoms with E-state index in [0.717, 1.165) is 38.9 Å². The first kappa shape index (κ1) is 18.6. The summed E-state index contributed by atoms with van der Waals surface area (Å²) >= 11 is 0. The summed E-state index contributed by atoms with van der Waals surface area (Å²) in [5.41, 5.74) is 0.357. The number of ether oxygens (including phenoxy) is 1. The van der Waals surface area contributed by atoms with Crippen molar-refractivity contribution in [2.75, 3.05) is 33.8 Å². The van der Waals surface area contributed by atoms with Crippen molar-refractivity contribution in [3.63, 3.8) is 0 Å². The summed E-state index contributed by atoms with van der Waals surface area (Å²) in [5.74, 6) is 1.31. The fraction of sp³-hybridized carbons (Fsp3) is 0.947. The van der Waals surface area contributed by atoms with Gasteiger partial charge in [0.15, 0.2) is 0 Å². The van der Waals surface area contributed by atoms with E-state index in [9.17, 15) is 4.79 Å². The van der Waals surface area contributed by atoms with Gasteiger partial charge in [0, 0.05) is 33.8 Å². The van der Waals surface area contributed by atoms with E-state index in [1.54, 1.807) is 0 Å². The van der Waals surface area contributed by atoms with E-state index in [1.165, 1.54) is 19.3 Å². The standard InChI is InChI=1S/C19H36N2O2/c1-19(2,3)12-16-10-11-21(14-16)18(22)20(4)13-15-6-8-17(23-5)9-7-15/h15-17H,6-14H2,1-5H3/t15?,16-,17?/m0/s1. The van der Waals surface area contributed by atoms with Crippen LogP contribution in [-0.2, 0) is 4.74 Å². The molecule has 0 unspecified atom stereocenters. The van der Waals surface area contributed by atoms with Crippen LogP contribution in [0, 0.1) is 17.3 Å². The van der Waals surface area contributed by atoms with Crippen molar-refractivity contribution >= 4 is 6.03 Å². The zero-order valence-corrected chi connectivity index (χ0v) is 15.8. The number of methoxy groups -OCH3 is 1. The molecule has 1 heterocycles. The summed E-state index contributed by atoms with van der Waals surface area (Å²) in [7, 11) is 3.78. The Bertz CT molecular complexity index is 383. The Labute approximate surface area is 142 Å². The van der Waals surface area contributed by atoms with Gasteiger partial charge < -0.3 is 14.5 Å². The number of urea groups is 1. The maximum atomic E-state index is 12.7. The number of hydrogen-bond acceptors (Lipinski definition) is 2. The van der Waals surface area contributed by atoms with Gasteiger partial charge in [0.05, 0.1) is 6.10 Å². The Hall–Kier alpha value is -0.770. The lowest BCUT2D eigenvalue weighted by molar-refractivity contribution is 0.0521. The van der Waals surface area contributed by atoms with Gasteiger partial charge in [-0.05, 0) is 55.8 Å². The van der Waals surface area contributed by atoms with Gasteiger partial charge in [-0.3, -0.25) is 0 Å². The van der Waals surface area contributed by atoms with Crippen molar-refractivity contribution < 1.29 is 9.53 Å². The highest BCUT2D eigenvalue weighted by atomic mass is 16.5. The van der Waals surface area contributed by atoms with Gasteiger partial charge in [-0.25, -0.2) is 4.79 Å². The first-order chi connectivity index (χ1) is 10.8. The van der Waals surface area contributed by atoms with Crippen molar-refractivity contribution in [3.05, 3.63) is 0 Å². The van der Waals surface area contributed by atoms with Crippen LogP contribution in [0.4, 0.5) is 4.79 Å². The lowest BCUT2D eigenvalue weighted by Crippen LogP contribution is -2.42. The normalized spacial score (nSPS) is 28.9. The van der Waals surface area contributed by atoms with Crippen LogP contribution in [0.3, 0.4) is 0 Å². The molecule has 0 aromatic heterocycles. The van der Waals surface area contributed by atoms with Crippen molar-refractivity contribution in [2.24, 2.45) is 17.3 Å². The fourth-order valence-corrected chi connectivity index (χ4v) is 4.30. The molecule has 0 radical (unpaired) electrons. The summed E-state index contributed by atoms with van der Waals surface area (Å²) < 4.78 is 5.44. The second-order valence-corrected chi connectivity index (χ2v) is 8.91. The van der Waals surface area contributed by atoms with Crippen LogP contribution in [0.2, 0.25) is 0 Å². The Balaban J connectivity index is 1.75. The number of likely N-dealkylation sites (tertiary alicyclic amines) is 1. The van der Waals surface area contributed by atoms with E-state index >= 15 is 0 Å². The van der Waals surface area contributed by atoms with Crippen LogP contribution >= 0.6 is 0 Å². The third kappa shape index (κ3) is 5.66. The molecule has 134 valence electrons. The van der Waals surface area contributed by atoms with Gasteiger partial charge in [0.25, 0.3) is 0 Å². The molecule has 2 fully saturated rings. The number of nitrogens with zero attached hydrogens (tertiary/aromatic N) is 2. The highest BCUT2D eigenvalue weighted by molar-refractivity contribution is 5.74. The van der Waals surface area contributed by atoms with Crippen molar-refractivity contribution in [2.45, 2.75) is 65.4 Å². The average Bonchev–Trinajstić information content (AvgIpc) is 2.93. The average molecular weight is 325 g/mol. The number of carbonyl (C=O) groups excluding carboxylic acids is 1. The molecule has 2 rings (SSSR count). The highest BCUT2D eigenvalue weighted by Crippen LogP contribution is 2.31. The summed E-state index contributed by atoms with van der Waals surface area (Å²) in [4.78, 5) is 16.7. The predicted molar refractivity (Wildman–Crippen MR) is 94.5 cm³/mol. The Kier molecular flexibility index (Phi) is 6.35. The van der Waals surface area contributed by atoms with Gasteiger partial charge in [0.2, 0.25) is 0 Å². The van der Waals surface area contributed by atoms with E-state index in [2.05, 4.69) is 25.7 Å². The first-order valence-corrected chi connectivity index (χ1v) is 9.31. The molecule has 0 N–H and O–H groups in total. The lowest BCUT2D eigenvalue weighted by atomic mass is 9.84. The molecular formula is C19H36N2O2. The zero-order valence-electron chi connectivity index (χ0n) is 15.8. The molecule has 0 aromatic rings. The molecule has 0 bridgehead atoms. The van der Waals surface area contributed by atoms with Gasteiger partial charge in [-0.2, -0.15) is 0 Å². The predicted octanol–water partition coefficient (Wildman–Crippen LogP) is 4.00. The van der Waals surface area contributed by atoms with Crippen LogP contribution in [0.25, 0.3) is 0 Å². The van der Waals surface area contributed by atoms with Crippen molar-refractivity contribution in [1.82, 2.24) is 9.80 Å². The number of hydrogen-bond donors (Lipinski definition) is 0. The minimum atomic E-state index is 0.232. The molecule has 4 heteroatoms. The second-order valence-electron chi connectivity index (χ2n) is 8.91. The van der Waals surface area contributed by atoms with Crippen LogP contribution in [-0.4, -0.2) is 55.7 Å². The van der Waals surface area contributed by atoms with E-state index < -0.39 is 0 Å². The molecular weight excluding hydrogens is 288 g/mol. The molecule has 0 spiro atoms. The molecule has 4 nitrogen and oxygen atoms in total. The molecule has 1 aliphatic heterocycles. The maximum absolute atomic E-state index is 12.7. The van der Waals surface area contributed by atoms with Crippen molar-refractivity contribution in [3.8, 4) is 0 Å². The van der Waals surface area contributed by atoms with Crippen LogP contribution < -0.4 is 0 Å². The van der Waals surface area contributed by atoms with E-state index in [0.29, 0.717) is 23.4 Å². The van der Waals surface area contributed by atoms with Crippen LogP contribution in [0.5, 0.6) is 0 Å². The lowest BCUT2D eigenvalue weighted by Gasteiger charge is -2.32. The minimum Gasteiger partial charge on any atom is -0.381 e. The van der Waals surface area contributed by atoms with Crippen LogP contribution in [0.1, 0.15) is 59.3 Å². The monoisotopic (exact) mass is 324 g/mol. The van der Waals surface area contributed by atoms with Crippen molar-refractivity contribution in [1.29, 1.82) is 0 Å². The third-order valence-electron chi connectivity index (χ3n) is 5.44. The number of rotatable bonds is 4. The van der Waals surface area contributed by atoms with E-state index in [4.69, 9.17) is 4.74 Å². The molecule has 1 saturated heterocycles. The first-order valence-electron chi connectivity index (χ1n) is 9.31. The smallest absolute Gasteiger partial charge is 0.319 e. The Morgan fingerprint density at radius 3 is 2.35 bits per heavy atom. The minimum absolute atomic E-state index is 0.232. The molecule has 23 heavy (non-hydrogen) atoms. The molecule has 2 amide bonds. The summed E-state index contributed by atoms with van der Waals surface area (Å²) in [6.07, 6.45) is 7.45. The highest BCUT2D eigenvalue weighted by Gasteiger charge is 2.31. The Morgan fingerprint density at radius 1 is 1.13 bits per heavy atom. The van der Waals surface area contributed by atoms with E-state index in [-0.39, 0.29) is 6.03 Å². The number of amides is 2. The molecule has 1 saturated carbocycles. The summed E-state index contributed by atoms with van der Waals surface area (Å²) in [6, 6.07) is 0.232. The van der Waals surface area contributed by atoms with Gasteiger partial charge in [-0.15, -0.1) is 0 Å². The SMILES string of the molecule is COC1CCC(CN(C)C(=O)N2CC[C@@H](CC(C)(C)C)C2)CC1. The van der Waals surface area contributed by atoms with Crippen LogP contribution in [0.15, 0.2) is 0 Å². The number of carbonyl (C=O) groups is 1.